The Balaban J connectivity index is 1.36. The van der Waals surface area contributed by atoms with E-state index in [9.17, 15) is 18.4 Å². The largest absolute Gasteiger partial charge is 0.482 e. The van der Waals surface area contributed by atoms with Crippen LogP contribution in [0.4, 0.5) is 8.78 Å². The van der Waals surface area contributed by atoms with Gasteiger partial charge in [-0.15, -0.1) is 0 Å². The molecule has 4 aliphatic rings. The van der Waals surface area contributed by atoms with E-state index in [-0.39, 0.29) is 30.6 Å². The highest BCUT2D eigenvalue weighted by atomic mass is 19.2. The number of aromatic nitrogens is 1. The first-order valence-corrected chi connectivity index (χ1v) is 14.2. The van der Waals surface area contributed by atoms with Gasteiger partial charge in [0.25, 0.3) is 5.91 Å². The number of halogens is 2. The summed E-state index contributed by atoms with van der Waals surface area (Å²) < 4.78 is 37.3. The van der Waals surface area contributed by atoms with Gasteiger partial charge < -0.3 is 9.64 Å². The van der Waals surface area contributed by atoms with Gasteiger partial charge in [-0.1, -0.05) is 60.7 Å². The number of hydrogen-bond acceptors (Lipinski definition) is 4. The molecule has 3 aliphatic carbocycles. The minimum atomic E-state index is -1.01. The molecule has 1 aromatic heterocycles. The van der Waals surface area contributed by atoms with Crippen LogP contribution in [-0.4, -0.2) is 28.7 Å². The van der Waals surface area contributed by atoms with Crippen LogP contribution >= 0.6 is 0 Å². The van der Waals surface area contributed by atoms with Gasteiger partial charge in [0.15, 0.2) is 23.1 Å². The summed E-state index contributed by atoms with van der Waals surface area (Å²) in [6.07, 6.45) is 6.21. The van der Waals surface area contributed by atoms with Crippen molar-refractivity contribution in [2.75, 3.05) is 18.2 Å². The number of benzene rings is 3. The predicted molar refractivity (Wildman–Crippen MR) is 154 cm³/mol. The molecule has 3 aromatic carbocycles. The molecule has 42 heavy (non-hydrogen) atoms. The summed E-state index contributed by atoms with van der Waals surface area (Å²) >= 11 is 0. The van der Waals surface area contributed by atoms with Gasteiger partial charge in [-0.25, -0.2) is 8.78 Å². The van der Waals surface area contributed by atoms with Crippen LogP contribution in [0.15, 0.2) is 89.4 Å². The fourth-order valence-electron chi connectivity index (χ4n) is 6.87. The van der Waals surface area contributed by atoms with Gasteiger partial charge in [-0.05, 0) is 70.7 Å². The van der Waals surface area contributed by atoms with E-state index >= 15 is 0 Å². The lowest BCUT2D eigenvalue weighted by Crippen LogP contribution is -2.62. The topological polar surface area (TPSA) is 54.8 Å². The second-order valence-electron chi connectivity index (χ2n) is 11.6. The van der Waals surface area contributed by atoms with Crippen molar-refractivity contribution in [2.45, 2.75) is 31.4 Å². The zero-order valence-electron chi connectivity index (χ0n) is 22.7. The number of carbonyl (C=O) groups is 1. The summed E-state index contributed by atoms with van der Waals surface area (Å²) in [6, 6.07) is 21.4. The molecule has 4 aromatic rings. The average Bonchev–Trinajstić information content (AvgIpc) is 3.69. The first-order chi connectivity index (χ1) is 20.4. The summed E-state index contributed by atoms with van der Waals surface area (Å²) in [5.74, 6) is -1.75. The van der Waals surface area contributed by atoms with E-state index in [0.717, 1.165) is 35.1 Å². The molecule has 0 radical (unpaired) electrons. The normalized spacial score (nSPS) is 20.1. The van der Waals surface area contributed by atoms with Crippen LogP contribution in [0.2, 0.25) is 0 Å². The number of nitrogens with zero attached hydrogens (tertiary/aromatic N) is 3. The maximum absolute atomic E-state index is 15.0. The third-order valence-corrected chi connectivity index (χ3v) is 8.94. The van der Waals surface area contributed by atoms with E-state index in [1.165, 1.54) is 18.2 Å². The second-order valence-corrected chi connectivity index (χ2v) is 11.6. The van der Waals surface area contributed by atoms with Crippen LogP contribution in [-0.2, 0) is 18.6 Å². The first-order valence-electron chi connectivity index (χ1n) is 14.2. The van der Waals surface area contributed by atoms with Crippen LogP contribution in [0, 0.1) is 17.6 Å². The van der Waals surface area contributed by atoms with E-state index in [4.69, 9.17) is 4.74 Å². The highest BCUT2D eigenvalue weighted by Crippen LogP contribution is 2.56. The lowest BCUT2D eigenvalue weighted by atomic mass is 9.83. The quantitative estimate of drug-likeness (QED) is 0.317. The lowest BCUT2D eigenvalue weighted by molar-refractivity contribution is 0.0655. The highest BCUT2D eigenvalue weighted by Gasteiger charge is 2.55. The molecule has 1 atom stereocenters. The van der Waals surface area contributed by atoms with Crippen molar-refractivity contribution < 1.29 is 18.3 Å². The molecule has 0 saturated heterocycles. The lowest BCUT2D eigenvalue weighted by Gasteiger charge is -2.49. The molecule has 6 nitrogen and oxygen atoms in total. The maximum Gasteiger partial charge on any atom is 0.277 e. The minimum absolute atomic E-state index is 0.0198. The number of pyridine rings is 1. The van der Waals surface area contributed by atoms with Crippen molar-refractivity contribution in [3.05, 3.63) is 140 Å². The number of amides is 1. The van der Waals surface area contributed by atoms with Crippen LogP contribution in [0.5, 0.6) is 5.75 Å². The van der Waals surface area contributed by atoms with Crippen molar-refractivity contribution in [1.29, 1.82) is 0 Å². The molecular formula is C34H27F2N3O3. The fraction of sp³-hybridized carbons (Fsp3) is 0.235. The molecule has 1 amide bonds. The van der Waals surface area contributed by atoms with Crippen LogP contribution < -0.4 is 15.2 Å². The third-order valence-electron chi connectivity index (χ3n) is 8.94. The van der Waals surface area contributed by atoms with Gasteiger partial charge in [0.2, 0.25) is 5.43 Å². The number of carbonyl (C=O) groups excluding carboxylic acids is 1. The number of ether oxygens (including phenoxy) is 1. The molecule has 1 saturated carbocycles. The Morgan fingerprint density at radius 1 is 0.905 bits per heavy atom. The van der Waals surface area contributed by atoms with Gasteiger partial charge in [-0.3, -0.25) is 19.3 Å². The predicted octanol–water partition coefficient (Wildman–Crippen LogP) is 5.36. The Morgan fingerprint density at radius 3 is 2.48 bits per heavy atom. The molecule has 1 unspecified atom stereocenters. The Kier molecular flexibility index (Phi) is 5.45. The fourth-order valence-corrected chi connectivity index (χ4v) is 6.87. The van der Waals surface area contributed by atoms with Crippen molar-refractivity contribution in [3.8, 4) is 5.75 Å². The van der Waals surface area contributed by atoms with E-state index in [1.807, 2.05) is 65.7 Å². The van der Waals surface area contributed by atoms with Crippen molar-refractivity contribution >= 4 is 12.0 Å². The second kappa shape index (κ2) is 9.14. The molecule has 0 N–H and O–H groups in total. The molecule has 8 rings (SSSR count). The first kappa shape index (κ1) is 25.0. The van der Waals surface area contributed by atoms with Crippen LogP contribution in [0.25, 0.3) is 6.08 Å². The van der Waals surface area contributed by atoms with Gasteiger partial charge in [0, 0.05) is 18.8 Å². The molecule has 1 aliphatic heterocycles. The van der Waals surface area contributed by atoms with Crippen molar-refractivity contribution in [2.24, 2.45) is 5.92 Å². The minimum Gasteiger partial charge on any atom is -0.482 e. The third kappa shape index (κ3) is 3.60. The zero-order chi connectivity index (χ0) is 28.6. The molecule has 0 bridgehead atoms. The molecule has 8 heteroatoms. The summed E-state index contributed by atoms with van der Waals surface area (Å²) in [7, 11) is 0. The molecule has 1 fully saturated rings. The SMILES string of the molecule is O=C1c2c(OCc3ccccc3)c(=O)ccn2N(C23C(=Cc4cc(F)c(F)cc42)Cc2ccccc23)CN1CC1CC1. The smallest absolute Gasteiger partial charge is 0.277 e. The average molecular weight is 564 g/mol. The zero-order valence-corrected chi connectivity index (χ0v) is 22.7. The molecule has 0 spiro atoms. The summed E-state index contributed by atoms with van der Waals surface area (Å²) in [4.78, 5) is 29.2. The van der Waals surface area contributed by atoms with E-state index < -0.39 is 22.6 Å². The van der Waals surface area contributed by atoms with E-state index in [1.54, 1.807) is 15.8 Å². The van der Waals surface area contributed by atoms with Crippen LogP contribution in [0.1, 0.15) is 51.1 Å². The van der Waals surface area contributed by atoms with Gasteiger partial charge in [-0.2, -0.15) is 0 Å². The Bertz CT molecular complexity index is 1860. The summed E-state index contributed by atoms with van der Waals surface area (Å²) in [6.45, 7) is 0.862. The highest BCUT2D eigenvalue weighted by molar-refractivity contribution is 5.96. The van der Waals surface area contributed by atoms with Gasteiger partial charge in [0.1, 0.15) is 18.8 Å². The Morgan fingerprint density at radius 2 is 1.67 bits per heavy atom. The van der Waals surface area contributed by atoms with Crippen molar-refractivity contribution in [1.82, 2.24) is 9.58 Å². The summed E-state index contributed by atoms with van der Waals surface area (Å²) in [5.41, 5.74) is 3.80. The monoisotopic (exact) mass is 563 g/mol. The number of fused-ring (bicyclic) bond motifs is 6. The summed E-state index contributed by atoms with van der Waals surface area (Å²) in [5, 5.41) is 2.03. The van der Waals surface area contributed by atoms with E-state index in [0.29, 0.717) is 30.0 Å². The van der Waals surface area contributed by atoms with E-state index in [2.05, 4.69) is 0 Å². The number of hydrogen-bond donors (Lipinski definition) is 0. The molecule has 2 heterocycles. The van der Waals surface area contributed by atoms with Gasteiger partial charge in [0.05, 0.1) is 0 Å². The molecular weight excluding hydrogens is 536 g/mol. The number of rotatable bonds is 6. The maximum atomic E-state index is 15.0. The van der Waals surface area contributed by atoms with Crippen molar-refractivity contribution in [3.63, 3.8) is 0 Å². The molecule has 210 valence electrons. The Labute approximate surface area is 241 Å². The Hall–Kier alpha value is -4.72. The van der Waals surface area contributed by atoms with Crippen LogP contribution in [0.3, 0.4) is 0 Å². The standard InChI is InChI=1S/C34H27F2N3O3/c35-28-16-24-15-25-14-23-8-4-5-9-26(23)34(25,27(24)17-29(28)36)39-20-37(18-21-10-11-21)33(41)31-32(30(40)12-13-38(31)39)42-19-22-6-2-1-3-7-22/h1-9,12-13,15-17,21H,10-11,14,18-20H2. The van der Waals surface area contributed by atoms with Gasteiger partial charge >= 0.3 is 0 Å².